The molecular formula is C13H13N3OS. The Kier molecular flexibility index (Phi) is 2.68. The van der Waals surface area contributed by atoms with Crippen LogP contribution in [0.2, 0.25) is 0 Å². The normalized spacial score (nSPS) is 12.7. The van der Waals surface area contributed by atoms with Gasteiger partial charge in [0.05, 0.1) is 17.1 Å². The lowest BCUT2D eigenvalue weighted by Crippen LogP contribution is -2.04. The average molecular weight is 259 g/mol. The van der Waals surface area contributed by atoms with Crippen LogP contribution in [0.4, 0.5) is 5.69 Å². The largest absolute Gasteiger partial charge is 0.378 e. The van der Waals surface area contributed by atoms with Gasteiger partial charge in [0.15, 0.2) is 0 Å². The van der Waals surface area contributed by atoms with Crippen molar-refractivity contribution in [2.45, 2.75) is 13.0 Å². The predicted octanol–water partition coefficient (Wildman–Crippen LogP) is 3.09. The fourth-order valence-electron chi connectivity index (χ4n) is 1.98. The summed E-state index contributed by atoms with van der Waals surface area (Å²) >= 11 is 1.73. The zero-order valence-corrected chi connectivity index (χ0v) is 10.7. The number of benzene rings is 1. The van der Waals surface area contributed by atoms with E-state index in [2.05, 4.69) is 33.7 Å². The zero-order valence-electron chi connectivity index (χ0n) is 9.86. The number of thiophene rings is 1. The summed E-state index contributed by atoms with van der Waals surface area (Å²) in [5.41, 5.74) is 2.48. The van der Waals surface area contributed by atoms with Gasteiger partial charge in [0.1, 0.15) is 0 Å². The maximum absolute atomic E-state index is 11.2. The Hall–Kier alpha value is -2.01. The molecule has 2 heterocycles. The fraction of sp³-hybridized carbons (Fsp3) is 0.154. The van der Waals surface area contributed by atoms with Gasteiger partial charge in [0.2, 0.25) is 0 Å². The topological polar surface area (TPSA) is 60.7 Å². The molecule has 3 rings (SSSR count). The van der Waals surface area contributed by atoms with Crippen molar-refractivity contribution in [1.82, 2.24) is 9.97 Å². The third-order valence-electron chi connectivity index (χ3n) is 2.87. The Balaban J connectivity index is 1.88. The number of rotatable bonds is 3. The Morgan fingerprint density at radius 3 is 2.83 bits per heavy atom. The quantitative estimate of drug-likeness (QED) is 0.677. The van der Waals surface area contributed by atoms with E-state index in [1.165, 1.54) is 4.88 Å². The van der Waals surface area contributed by atoms with Crippen LogP contribution in [-0.4, -0.2) is 9.97 Å². The number of hydrogen-bond donors (Lipinski definition) is 3. The van der Waals surface area contributed by atoms with Crippen LogP contribution in [0.1, 0.15) is 17.8 Å². The number of nitrogens with one attached hydrogen (secondary N) is 3. The van der Waals surface area contributed by atoms with Crippen molar-refractivity contribution in [2.24, 2.45) is 0 Å². The summed E-state index contributed by atoms with van der Waals surface area (Å²) in [6.45, 7) is 2.12. The third kappa shape index (κ3) is 2.04. The van der Waals surface area contributed by atoms with Crippen LogP contribution >= 0.6 is 11.3 Å². The second kappa shape index (κ2) is 4.34. The molecule has 92 valence electrons. The molecule has 0 fully saturated rings. The average Bonchev–Trinajstić information content (AvgIpc) is 2.95. The predicted molar refractivity (Wildman–Crippen MR) is 75.3 cm³/mol. The second-order valence-electron chi connectivity index (χ2n) is 4.22. The Bertz CT molecular complexity index is 711. The number of fused-ring (bicyclic) bond motifs is 1. The molecule has 5 heteroatoms. The highest BCUT2D eigenvalue weighted by Gasteiger charge is 2.07. The first-order valence-corrected chi connectivity index (χ1v) is 6.62. The van der Waals surface area contributed by atoms with E-state index in [1.54, 1.807) is 11.3 Å². The lowest BCUT2D eigenvalue weighted by molar-refractivity contribution is 0.908. The van der Waals surface area contributed by atoms with E-state index in [0.29, 0.717) is 0 Å². The maximum atomic E-state index is 11.2. The molecule has 0 amide bonds. The van der Waals surface area contributed by atoms with E-state index in [9.17, 15) is 4.79 Å². The van der Waals surface area contributed by atoms with Gasteiger partial charge in [-0.2, -0.15) is 0 Å². The smallest absolute Gasteiger partial charge is 0.323 e. The van der Waals surface area contributed by atoms with Gasteiger partial charge < -0.3 is 15.3 Å². The van der Waals surface area contributed by atoms with Crippen LogP contribution in [0, 0.1) is 0 Å². The molecule has 1 unspecified atom stereocenters. The summed E-state index contributed by atoms with van der Waals surface area (Å²) < 4.78 is 0. The van der Waals surface area contributed by atoms with Crippen molar-refractivity contribution >= 4 is 28.1 Å². The molecule has 4 nitrogen and oxygen atoms in total. The molecule has 0 saturated carbocycles. The van der Waals surface area contributed by atoms with E-state index in [1.807, 2.05) is 24.3 Å². The van der Waals surface area contributed by atoms with Crippen LogP contribution < -0.4 is 11.0 Å². The minimum absolute atomic E-state index is 0.173. The molecule has 3 aromatic rings. The van der Waals surface area contributed by atoms with E-state index >= 15 is 0 Å². The lowest BCUT2D eigenvalue weighted by atomic mass is 10.2. The minimum atomic E-state index is -0.173. The molecule has 0 bridgehead atoms. The zero-order chi connectivity index (χ0) is 12.5. The minimum Gasteiger partial charge on any atom is -0.378 e. The molecule has 2 aromatic heterocycles. The van der Waals surface area contributed by atoms with E-state index in [4.69, 9.17) is 0 Å². The van der Waals surface area contributed by atoms with Crippen molar-refractivity contribution in [3.63, 3.8) is 0 Å². The number of aromatic nitrogens is 2. The highest BCUT2D eigenvalue weighted by atomic mass is 32.1. The lowest BCUT2D eigenvalue weighted by Gasteiger charge is -2.13. The molecule has 3 N–H and O–H groups in total. The molecule has 18 heavy (non-hydrogen) atoms. The van der Waals surface area contributed by atoms with Crippen molar-refractivity contribution < 1.29 is 0 Å². The molecule has 0 aliphatic carbocycles. The number of aromatic amines is 2. The van der Waals surface area contributed by atoms with Gasteiger partial charge in [0, 0.05) is 10.6 Å². The standard InChI is InChI=1S/C13H13N3OS/c1-8(12-3-2-6-18-12)14-9-4-5-10-11(7-9)16-13(17)15-10/h2-8,14H,1H3,(H2,15,16,17). The number of hydrogen-bond acceptors (Lipinski definition) is 3. The molecule has 0 aliphatic rings. The number of anilines is 1. The first-order chi connectivity index (χ1) is 8.72. The monoisotopic (exact) mass is 259 g/mol. The Labute approximate surface area is 108 Å². The van der Waals surface area contributed by atoms with Crippen LogP contribution in [0.3, 0.4) is 0 Å². The summed E-state index contributed by atoms with van der Waals surface area (Å²) in [7, 11) is 0. The fourth-order valence-corrected chi connectivity index (χ4v) is 2.72. The van der Waals surface area contributed by atoms with Crippen LogP contribution in [0.25, 0.3) is 11.0 Å². The molecule has 1 aromatic carbocycles. The van der Waals surface area contributed by atoms with E-state index in [0.717, 1.165) is 16.7 Å². The summed E-state index contributed by atoms with van der Waals surface area (Å²) in [4.78, 5) is 18.0. The van der Waals surface area contributed by atoms with Gasteiger partial charge in [-0.3, -0.25) is 0 Å². The van der Waals surface area contributed by atoms with Gasteiger partial charge >= 0.3 is 5.69 Å². The van der Waals surface area contributed by atoms with Crippen molar-refractivity contribution in [3.05, 3.63) is 51.1 Å². The van der Waals surface area contributed by atoms with Crippen LogP contribution in [0.15, 0.2) is 40.5 Å². The van der Waals surface area contributed by atoms with Crippen molar-refractivity contribution in [1.29, 1.82) is 0 Å². The summed E-state index contributed by atoms with van der Waals surface area (Å²) in [5, 5.41) is 5.49. The molecule has 0 saturated heterocycles. The Morgan fingerprint density at radius 1 is 1.22 bits per heavy atom. The third-order valence-corrected chi connectivity index (χ3v) is 3.92. The van der Waals surface area contributed by atoms with Gasteiger partial charge in [0.25, 0.3) is 0 Å². The molecule has 1 atom stereocenters. The van der Waals surface area contributed by atoms with Crippen molar-refractivity contribution in [2.75, 3.05) is 5.32 Å². The highest BCUT2D eigenvalue weighted by Crippen LogP contribution is 2.24. The second-order valence-corrected chi connectivity index (χ2v) is 5.20. The highest BCUT2D eigenvalue weighted by molar-refractivity contribution is 7.10. The first kappa shape index (κ1) is 11.1. The molecule has 0 spiro atoms. The van der Waals surface area contributed by atoms with Crippen molar-refractivity contribution in [3.8, 4) is 0 Å². The van der Waals surface area contributed by atoms with Crippen LogP contribution in [-0.2, 0) is 0 Å². The summed E-state index contributed by atoms with van der Waals surface area (Å²) in [6, 6.07) is 10.2. The molecule has 0 aliphatic heterocycles. The van der Waals surface area contributed by atoms with E-state index in [-0.39, 0.29) is 11.7 Å². The Morgan fingerprint density at radius 2 is 2.06 bits per heavy atom. The van der Waals surface area contributed by atoms with Gasteiger partial charge in [-0.25, -0.2) is 4.79 Å². The maximum Gasteiger partial charge on any atom is 0.323 e. The van der Waals surface area contributed by atoms with Gasteiger partial charge in [-0.15, -0.1) is 11.3 Å². The summed E-state index contributed by atoms with van der Waals surface area (Å²) in [5.74, 6) is 0. The van der Waals surface area contributed by atoms with Gasteiger partial charge in [-0.1, -0.05) is 6.07 Å². The number of imidazole rings is 1. The molecule has 0 radical (unpaired) electrons. The molecular weight excluding hydrogens is 246 g/mol. The summed E-state index contributed by atoms with van der Waals surface area (Å²) in [6.07, 6.45) is 0. The number of H-pyrrole nitrogens is 2. The SMILES string of the molecule is CC(Nc1ccc2[nH]c(=O)[nH]c2c1)c1cccs1. The van der Waals surface area contributed by atoms with Crippen LogP contribution in [0.5, 0.6) is 0 Å². The van der Waals surface area contributed by atoms with Gasteiger partial charge in [-0.05, 0) is 36.6 Å². The van der Waals surface area contributed by atoms with E-state index < -0.39 is 0 Å². The first-order valence-electron chi connectivity index (χ1n) is 5.74.